The number of aliphatic imine (C=N–C) groups is 1. The second kappa shape index (κ2) is 11.5. The summed E-state index contributed by atoms with van der Waals surface area (Å²) in [5.41, 5.74) is 7.66. The van der Waals surface area contributed by atoms with Gasteiger partial charge >= 0.3 is 5.91 Å². The molecule has 1 unspecified atom stereocenters. The van der Waals surface area contributed by atoms with Crippen LogP contribution in [0.15, 0.2) is 87.7 Å². The third-order valence-corrected chi connectivity index (χ3v) is 7.92. The minimum absolute atomic E-state index is 0.0174. The molecule has 0 fully saturated rings. The van der Waals surface area contributed by atoms with E-state index >= 15 is 0 Å². The van der Waals surface area contributed by atoms with Crippen LogP contribution in [-0.4, -0.2) is 50.1 Å². The number of nitrogens with one attached hydrogen (secondary N) is 1. The summed E-state index contributed by atoms with van der Waals surface area (Å²) < 4.78 is 7.27. The van der Waals surface area contributed by atoms with Gasteiger partial charge in [0.2, 0.25) is 5.91 Å². The Hall–Kier alpha value is -4.64. The first-order valence-corrected chi connectivity index (χ1v) is 14.3. The van der Waals surface area contributed by atoms with Gasteiger partial charge < -0.3 is 9.32 Å². The zero-order chi connectivity index (χ0) is 28.3. The van der Waals surface area contributed by atoms with Gasteiger partial charge in [0.1, 0.15) is 0 Å². The highest BCUT2D eigenvalue weighted by Gasteiger charge is 2.30. The number of hydrogen-bond donors (Lipinski definition) is 1. The van der Waals surface area contributed by atoms with Crippen molar-refractivity contribution in [3.8, 4) is 5.69 Å². The van der Waals surface area contributed by atoms with Crippen molar-refractivity contribution < 1.29 is 14.0 Å². The fraction of sp³-hybridized carbons (Fsp3) is 0.233. The van der Waals surface area contributed by atoms with Gasteiger partial charge in [-0.2, -0.15) is 0 Å². The number of rotatable bonds is 7. The van der Waals surface area contributed by atoms with Crippen LogP contribution in [0.5, 0.6) is 0 Å². The lowest BCUT2D eigenvalue weighted by molar-refractivity contribution is -0.116. The number of fused-ring (bicyclic) bond motifs is 1. The Bertz CT molecular complexity index is 1660. The van der Waals surface area contributed by atoms with Crippen LogP contribution in [-0.2, 0) is 11.2 Å². The van der Waals surface area contributed by atoms with Gasteiger partial charge in [-0.05, 0) is 68.2 Å². The molecule has 0 saturated heterocycles. The molecule has 1 atom stereocenters. The summed E-state index contributed by atoms with van der Waals surface area (Å²) >= 11 is 1.33. The summed E-state index contributed by atoms with van der Waals surface area (Å²) in [6.45, 7) is 4.51. The maximum Gasteiger partial charge on any atom is 0.305 e. The number of aryl methyl sites for hydroxylation is 3. The molecule has 0 bridgehead atoms. The van der Waals surface area contributed by atoms with Crippen LogP contribution in [0.25, 0.3) is 5.69 Å². The highest BCUT2D eigenvalue weighted by atomic mass is 32.2. The van der Waals surface area contributed by atoms with Crippen LogP contribution >= 0.6 is 11.8 Å². The number of amides is 2. The second-order valence-electron chi connectivity index (χ2n) is 9.88. The summed E-state index contributed by atoms with van der Waals surface area (Å²) in [5.74, 6) is 0.531. The van der Waals surface area contributed by atoms with E-state index in [-0.39, 0.29) is 17.4 Å². The molecule has 2 aliphatic heterocycles. The van der Waals surface area contributed by atoms with E-state index in [1.54, 1.807) is 29.6 Å². The van der Waals surface area contributed by atoms with Gasteiger partial charge in [-0.25, -0.2) is 0 Å². The topological polar surface area (TPSA) is 109 Å². The van der Waals surface area contributed by atoms with E-state index in [0.717, 1.165) is 35.3 Å². The molecule has 2 aromatic heterocycles. The average molecular weight is 568 g/mol. The van der Waals surface area contributed by atoms with Crippen molar-refractivity contribution in [2.75, 3.05) is 17.2 Å². The highest BCUT2D eigenvalue weighted by Crippen LogP contribution is 2.31. The third-order valence-electron chi connectivity index (χ3n) is 7.01. The number of benzene rings is 2. The number of allylic oxidation sites excluding steroid dienone is 1. The van der Waals surface area contributed by atoms with Crippen LogP contribution < -0.4 is 10.3 Å². The van der Waals surface area contributed by atoms with Crippen LogP contribution in [0.1, 0.15) is 45.7 Å². The maximum absolute atomic E-state index is 13.4. The predicted octanol–water partition coefficient (Wildman–Crippen LogP) is 4.79. The SMILES string of the molecule is Cc1cccc(-n2c(SCC(=O)N3CCCc4ccccc43)nnc2C2N=CC=CN2NC(=O)c2occc2C)c1. The van der Waals surface area contributed by atoms with Crippen molar-refractivity contribution in [3.05, 3.63) is 101 Å². The molecular weight excluding hydrogens is 538 g/mol. The maximum atomic E-state index is 13.4. The Kier molecular flexibility index (Phi) is 7.43. The van der Waals surface area contributed by atoms with Gasteiger partial charge in [-0.1, -0.05) is 42.1 Å². The van der Waals surface area contributed by atoms with Crippen LogP contribution in [0.2, 0.25) is 0 Å². The number of carbonyl (C=O) groups is 2. The van der Waals surface area contributed by atoms with Gasteiger partial charge in [0.15, 0.2) is 22.9 Å². The fourth-order valence-corrected chi connectivity index (χ4v) is 5.86. The van der Waals surface area contributed by atoms with E-state index in [4.69, 9.17) is 4.42 Å². The zero-order valence-electron chi connectivity index (χ0n) is 22.7. The standard InChI is InChI=1S/C30H29N7O3S/c1-20-8-5-11-23(18-20)37-28(27-31-14-7-16-36(27)34-29(39)26-21(2)13-17-40-26)32-33-30(37)41-19-25(38)35-15-6-10-22-9-3-4-12-24(22)35/h3-5,7-9,11-14,16-18,27H,6,10,15,19H2,1-2H3,(H,34,39). The molecule has 41 heavy (non-hydrogen) atoms. The molecule has 1 N–H and O–H groups in total. The summed E-state index contributed by atoms with van der Waals surface area (Å²) in [6, 6.07) is 17.8. The number of furan rings is 1. The van der Waals surface area contributed by atoms with Gasteiger partial charge in [0, 0.05) is 35.9 Å². The lowest BCUT2D eigenvalue weighted by Crippen LogP contribution is -2.42. The van der Waals surface area contributed by atoms with E-state index in [0.29, 0.717) is 17.5 Å². The van der Waals surface area contributed by atoms with E-state index < -0.39 is 12.1 Å². The number of aromatic nitrogens is 3. The highest BCUT2D eigenvalue weighted by molar-refractivity contribution is 7.99. The van der Waals surface area contributed by atoms with Gasteiger partial charge in [-0.3, -0.25) is 29.6 Å². The molecule has 208 valence electrons. The van der Waals surface area contributed by atoms with Crippen LogP contribution in [0.4, 0.5) is 5.69 Å². The minimum Gasteiger partial charge on any atom is -0.459 e. The summed E-state index contributed by atoms with van der Waals surface area (Å²) in [4.78, 5) is 32.9. The fourth-order valence-electron chi connectivity index (χ4n) is 5.03. The van der Waals surface area contributed by atoms with E-state index in [1.165, 1.54) is 23.6 Å². The van der Waals surface area contributed by atoms with Gasteiger partial charge in [0.05, 0.1) is 12.0 Å². The Labute approximate surface area is 241 Å². The zero-order valence-corrected chi connectivity index (χ0v) is 23.5. The van der Waals surface area contributed by atoms with Crippen molar-refractivity contribution in [3.63, 3.8) is 0 Å². The normalized spacial score (nSPS) is 16.1. The van der Waals surface area contributed by atoms with Crippen molar-refractivity contribution in [2.24, 2.45) is 4.99 Å². The molecule has 2 amide bonds. The second-order valence-corrected chi connectivity index (χ2v) is 10.8. The number of hydrogen-bond acceptors (Lipinski definition) is 8. The van der Waals surface area contributed by atoms with E-state index in [2.05, 4.69) is 26.7 Å². The molecule has 0 saturated carbocycles. The molecule has 0 radical (unpaired) electrons. The molecular formula is C30H29N7O3S. The van der Waals surface area contributed by atoms with Crippen LogP contribution in [0, 0.1) is 13.8 Å². The smallest absolute Gasteiger partial charge is 0.305 e. The summed E-state index contributed by atoms with van der Waals surface area (Å²) in [6.07, 6.45) is 7.78. The molecule has 0 aliphatic carbocycles. The molecule has 2 aromatic carbocycles. The monoisotopic (exact) mass is 567 g/mol. The first-order valence-electron chi connectivity index (χ1n) is 13.4. The van der Waals surface area contributed by atoms with Crippen LogP contribution in [0.3, 0.4) is 0 Å². The molecule has 6 rings (SSSR count). The first-order chi connectivity index (χ1) is 20.0. The lowest BCUT2D eigenvalue weighted by atomic mass is 10.0. The number of nitrogens with zero attached hydrogens (tertiary/aromatic N) is 6. The van der Waals surface area contributed by atoms with E-state index in [9.17, 15) is 9.59 Å². The average Bonchev–Trinajstić information content (AvgIpc) is 3.62. The van der Waals surface area contributed by atoms with Crippen molar-refractivity contribution in [1.82, 2.24) is 25.2 Å². The summed E-state index contributed by atoms with van der Waals surface area (Å²) in [5, 5.41) is 11.1. The molecule has 2 aliphatic rings. The largest absolute Gasteiger partial charge is 0.459 e. The number of para-hydroxylation sites is 1. The molecule has 10 nitrogen and oxygen atoms in total. The van der Waals surface area contributed by atoms with Gasteiger partial charge in [0.25, 0.3) is 0 Å². The number of hydrazine groups is 1. The van der Waals surface area contributed by atoms with Crippen molar-refractivity contribution >= 4 is 35.5 Å². The predicted molar refractivity (Wildman–Crippen MR) is 157 cm³/mol. The van der Waals surface area contributed by atoms with Gasteiger partial charge in [-0.15, -0.1) is 10.2 Å². The third kappa shape index (κ3) is 5.40. The Morgan fingerprint density at radius 1 is 1.10 bits per heavy atom. The molecule has 0 spiro atoms. The Morgan fingerprint density at radius 2 is 1.98 bits per heavy atom. The molecule has 11 heteroatoms. The number of anilines is 1. The number of thioether (sulfide) groups is 1. The minimum atomic E-state index is -0.703. The quantitative estimate of drug-likeness (QED) is 0.320. The van der Waals surface area contributed by atoms with E-state index in [1.807, 2.05) is 65.8 Å². The van der Waals surface area contributed by atoms with Crippen molar-refractivity contribution in [2.45, 2.75) is 38.0 Å². The summed E-state index contributed by atoms with van der Waals surface area (Å²) in [7, 11) is 0. The molecule has 4 aromatic rings. The lowest BCUT2D eigenvalue weighted by Gasteiger charge is -2.29. The first kappa shape index (κ1) is 26.6. The Balaban J connectivity index is 1.29. The number of carbonyl (C=O) groups excluding carboxylic acids is 2. The van der Waals surface area contributed by atoms with Crippen molar-refractivity contribution in [1.29, 1.82) is 0 Å². The molecule has 4 heterocycles. The Morgan fingerprint density at radius 3 is 2.80 bits per heavy atom.